The Morgan fingerprint density at radius 2 is 2.00 bits per heavy atom. The van der Waals surface area contributed by atoms with Crippen LogP contribution in [0.2, 0.25) is 0 Å². The lowest BCUT2D eigenvalue weighted by Crippen LogP contribution is -2.53. The lowest BCUT2D eigenvalue weighted by atomic mass is 9.97. The molecule has 1 saturated heterocycles. The van der Waals surface area contributed by atoms with Crippen molar-refractivity contribution in [2.75, 3.05) is 18.1 Å². The molecule has 4 heteroatoms. The van der Waals surface area contributed by atoms with Crippen LogP contribution in [0.15, 0.2) is 30.3 Å². The Labute approximate surface area is 133 Å². The number of hydrogen-bond acceptors (Lipinski definition) is 3. The fraction of sp³-hybridized carbons (Fsp3) is 0.611. The number of likely N-dealkylation sites (tertiary alicyclic amines) is 1. The maximum atomic E-state index is 12.9. The Kier molecular flexibility index (Phi) is 5.98. The Hall–Kier alpha value is -1.39. The molecule has 1 aliphatic rings. The molecule has 1 N–H and O–H groups in total. The number of benzene rings is 1. The van der Waals surface area contributed by atoms with E-state index in [1.54, 1.807) is 0 Å². The molecule has 0 bridgehead atoms. The van der Waals surface area contributed by atoms with Crippen molar-refractivity contribution in [1.82, 2.24) is 4.90 Å². The minimum absolute atomic E-state index is 0.105. The summed E-state index contributed by atoms with van der Waals surface area (Å²) in [7, 11) is 0. The molecule has 0 aromatic heterocycles. The van der Waals surface area contributed by atoms with Crippen LogP contribution in [0.4, 0.5) is 5.69 Å². The Morgan fingerprint density at radius 1 is 1.32 bits per heavy atom. The third kappa shape index (κ3) is 3.87. The second-order valence-electron chi connectivity index (χ2n) is 6.48. The minimum atomic E-state index is 0.105. The Balaban J connectivity index is 2.14. The van der Waals surface area contributed by atoms with Gasteiger partial charge >= 0.3 is 0 Å². The third-order valence-corrected chi connectivity index (χ3v) is 4.54. The predicted molar refractivity (Wildman–Crippen MR) is 90.0 cm³/mol. The zero-order valence-electron chi connectivity index (χ0n) is 13.9. The van der Waals surface area contributed by atoms with Crippen molar-refractivity contribution in [2.24, 2.45) is 0 Å². The van der Waals surface area contributed by atoms with Crippen LogP contribution in [-0.4, -0.2) is 47.2 Å². The van der Waals surface area contributed by atoms with Gasteiger partial charge in [0.15, 0.2) is 0 Å². The predicted octanol–water partition coefficient (Wildman–Crippen LogP) is 2.66. The van der Waals surface area contributed by atoms with Crippen molar-refractivity contribution in [3.05, 3.63) is 30.3 Å². The van der Waals surface area contributed by atoms with E-state index in [1.165, 1.54) is 0 Å². The average molecular weight is 304 g/mol. The van der Waals surface area contributed by atoms with Gasteiger partial charge in [-0.2, -0.15) is 0 Å². The van der Waals surface area contributed by atoms with Crippen molar-refractivity contribution < 1.29 is 9.90 Å². The Morgan fingerprint density at radius 3 is 2.59 bits per heavy atom. The van der Waals surface area contributed by atoms with Crippen molar-refractivity contribution in [3.63, 3.8) is 0 Å². The number of aliphatic hydroxyl groups excluding tert-OH is 1. The van der Waals surface area contributed by atoms with Crippen molar-refractivity contribution in [2.45, 2.75) is 58.2 Å². The summed E-state index contributed by atoms with van der Waals surface area (Å²) in [5, 5.41) is 9.59. The topological polar surface area (TPSA) is 43.8 Å². The highest BCUT2D eigenvalue weighted by molar-refractivity contribution is 5.95. The highest BCUT2D eigenvalue weighted by atomic mass is 16.3. The summed E-state index contributed by atoms with van der Waals surface area (Å²) in [4.78, 5) is 16.9. The number of hydrogen-bond donors (Lipinski definition) is 1. The molecule has 0 spiro atoms. The monoisotopic (exact) mass is 304 g/mol. The summed E-state index contributed by atoms with van der Waals surface area (Å²) in [5.74, 6) is 0.105. The van der Waals surface area contributed by atoms with Crippen LogP contribution in [-0.2, 0) is 4.79 Å². The lowest BCUT2D eigenvalue weighted by Gasteiger charge is -2.40. The van der Waals surface area contributed by atoms with E-state index in [2.05, 4.69) is 11.8 Å². The normalized spacial score (nSPS) is 22.8. The van der Waals surface area contributed by atoms with Gasteiger partial charge in [-0.3, -0.25) is 9.69 Å². The third-order valence-electron chi connectivity index (χ3n) is 4.54. The number of carbonyl (C=O) groups excluding carboxylic acids is 1. The van der Waals surface area contributed by atoms with Gasteiger partial charge in [-0.25, -0.2) is 0 Å². The molecule has 1 aliphatic heterocycles. The summed E-state index contributed by atoms with van der Waals surface area (Å²) >= 11 is 0. The second kappa shape index (κ2) is 7.75. The molecule has 1 fully saturated rings. The van der Waals surface area contributed by atoms with Gasteiger partial charge in [0, 0.05) is 23.8 Å². The lowest BCUT2D eigenvalue weighted by molar-refractivity contribution is -0.122. The average Bonchev–Trinajstić information content (AvgIpc) is 2.50. The SMILES string of the molecule is CC(C)N(C(=O)CN1C(C)CCCC1CO)c1ccccc1. The van der Waals surface area contributed by atoms with Crippen molar-refractivity contribution in [3.8, 4) is 0 Å². The van der Waals surface area contributed by atoms with E-state index >= 15 is 0 Å². The van der Waals surface area contributed by atoms with Crippen LogP contribution in [0.1, 0.15) is 40.0 Å². The van der Waals surface area contributed by atoms with Gasteiger partial charge in [-0.15, -0.1) is 0 Å². The van der Waals surface area contributed by atoms with Gasteiger partial charge in [0.2, 0.25) is 5.91 Å². The number of carbonyl (C=O) groups is 1. The van der Waals surface area contributed by atoms with Gasteiger partial charge < -0.3 is 10.0 Å². The van der Waals surface area contributed by atoms with Crippen LogP contribution in [0.25, 0.3) is 0 Å². The number of para-hydroxylation sites is 1. The number of nitrogens with zero attached hydrogens (tertiary/aromatic N) is 2. The molecule has 0 aliphatic carbocycles. The summed E-state index contributed by atoms with van der Waals surface area (Å²) in [5.41, 5.74) is 0.938. The number of amides is 1. The molecule has 2 atom stereocenters. The molecular formula is C18H28N2O2. The molecule has 1 amide bonds. The van der Waals surface area contributed by atoms with E-state index in [1.807, 2.05) is 49.1 Å². The maximum Gasteiger partial charge on any atom is 0.241 e. The molecular weight excluding hydrogens is 276 g/mol. The summed E-state index contributed by atoms with van der Waals surface area (Å²) in [6, 6.07) is 10.4. The molecule has 1 heterocycles. The standard InChI is InChI=1S/C18H28N2O2/c1-14(2)20(16-9-5-4-6-10-16)18(22)12-19-15(3)8-7-11-17(19)13-21/h4-6,9-10,14-15,17,21H,7-8,11-13H2,1-3H3. The summed E-state index contributed by atoms with van der Waals surface area (Å²) < 4.78 is 0. The first-order valence-corrected chi connectivity index (χ1v) is 8.28. The first-order chi connectivity index (χ1) is 10.5. The molecule has 1 aromatic rings. The van der Waals surface area contributed by atoms with Gasteiger partial charge in [0.25, 0.3) is 0 Å². The van der Waals surface area contributed by atoms with E-state index in [0.717, 1.165) is 24.9 Å². The zero-order chi connectivity index (χ0) is 16.1. The highest BCUT2D eigenvalue weighted by Gasteiger charge is 2.31. The van der Waals surface area contributed by atoms with Crippen molar-refractivity contribution >= 4 is 11.6 Å². The number of aliphatic hydroxyl groups is 1. The maximum absolute atomic E-state index is 12.9. The first kappa shape index (κ1) is 17.0. The van der Waals surface area contributed by atoms with Gasteiger partial charge in [-0.1, -0.05) is 24.6 Å². The first-order valence-electron chi connectivity index (χ1n) is 8.28. The number of rotatable bonds is 5. The van der Waals surface area contributed by atoms with E-state index in [0.29, 0.717) is 12.6 Å². The largest absolute Gasteiger partial charge is 0.395 e. The van der Waals surface area contributed by atoms with Crippen molar-refractivity contribution in [1.29, 1.82) is 0 Å². The molecule has 22 heavy (non-hydrogen) atoms. The zero-order valence-corrected chi connectivity index (χ0v) is 13.9. The number of piperidine rings is 1. The van der Waals surface area contributed by atoms with E-state index in [9.17, 15) is 9.90 Å². The van der Waals surface area contributed by atoms with Gasteiger partial charge in [-0.05, 0) is 45.7 Å². The molecule has 122 valence electrons. The molecule has 0 radical (unpaired) electrons. The van der Waals surface area contributed by atoms with Crippen LogP contribution in [0, 0.1) is 0 Å². The van der Waals surface area contributed by atoms with Crippen LogP contribution >= 0.6 is 0 Å². The molecule has 2 unspecified atom stereocenters. The molecule has 2 rings (SSSR count). The van der Waals surface area contributed by atoms with E-state index in [4.69, 9.17) is 0 Å². The fourth-order valence-corrected chi connectivity index (χ4v) is 3.37. The molecule has 4 nitrogen and oxygen atoms in total. The minimum Gasteiger partial charge on any atom is -0.395 e. The van der Waals surface area contributed by atoms with Gasteiger partial charge in [0.1, 0.15) is 0 Å². The quantitative estimate of drug-likeness (QED) is 0.909. The smallest absolute Gasteiger partial charge is 0.241 e. The summed E-state index contributed by atoms with van der Waals surface area (Å²) in [6.07, 6.45) is 3.20. The molecule has 0 saturated carbocycles. The second-order valence-corrected chi connectivity index (χ2v) is 6.48. The van der Waals surface area contributed by atoms with E-state index in [-0.39, 0.29) is 24.6 Å². The fourth-order valence-electron chi connectivity index (χ4n) is 3.37. The van der Waals surface area contributed by atoms with Crippen LogP contribution < -0.4 is 4.90 Å². The Bertz CT molecular complexity index is 475. The van der Waals surface area contributed by atoms with Crippen LogP contribution in [0.3, 0.4) is 0 Å². The highest BCUT2D eigenvalue weighted by Crippen LogP contribution is 2.24. The van der Waals surface area contributed by atoms with Gasteiger partial charge in [0.05, 0.1) is 13.2 Å². The molecule has 1 aromatic carbocycles. The van der Waals surface area contributed by atoms with E-state index < -0.39 is 0 Å². The number of anilines is 1. The van der Waals surface area contributed by atoms with Crippen LogP contribution in [0.5, 0.6) is 0 Å². The summed E-state index contributed by atoms with van der Waals surface area (Å²) in [6.45, 7) is 6.73.